The van der Waals surface area contributed by atoms with Crippen molar-refractivity contribution in [2.75, 3.05) is 0 Å². The van der Waals surface area contributed by atoms with Gasteiger partial charge in [0.15, 0.2) is 0 Å². The van der Waals surface area contributed by atoms with Crippen LogP contribution in [0.25, 0.3) is 54.9 Å². The Balaban J connectivity index is 0.000000140. The minimum Gasteiger partial charge on any atom is -0.184 e. The first kappa shape index (κ1) is 41.8. The van der Waals surface area contributed by atoms with E-state index in [1.807, 2.05) is 6.07 Å². The van der Waals surface area contributed by atoms with Crippen LogP contribution in [0.15, 0.2) is 140 Å². The summed E-state index contributed by atoms with van der Waals surface area (Å²) in [7, 11) is 10.7. The van der Waals surface area contributed by atoms with Crippen LogP contribution in [0.2, 0.25) is 0 Å². The summed E-state index contributed by atoms with van der Waals surface area (Å²) in [6, 6.07) is 54.1. The maximum atomic E-state index is 4.93. The van der Waals surface area contributed by atoms with Crippen molar-refractivity contribution in [3.63, 3.8) is 0 Å². The van der Waals surface area contributed by atoms with E-state index in [1.54, 1.807) is 0 Å². The summed E-state index contributed by atoms with van der Waals surface area (Å²) in [6.07, 6.45) is 4.35. The number of hydrogen-bond donors (Lipinski definition) is 0. The van der Waals surface area contributed by atoms with Crippen LogP contribution in [0, 0.1) is 19.9 Å². The third kappa shape index (κ3) is 9.33. The minimum atomic E-state index is -0.826. The van der Waals surface area contributed by atoms with Crippen molar-refractivity contribution >= 4 is 58.5 Å². The summed E-state index contributed by atoms with van der Waals surface area (Å²) in [6.45, 7) is 13.3. The molecule has 0 N–H and O–H groups in total. The number of benzene rings is 6. The van der Waals surface area contributed by atoms with Crippen LogP contribution in [0.1, 0.15) is 61.1 Å². The van der Waals surface area contributed by atoms with Gasteiger partial charge in [-0.3, -0.25) is 0 Å². The van der Waals surface area contributed by atoms with Crippen LogP contribution in [-0.4, -0.2) is 9.52 Å². The summed E-state index contributed by atoms with van der Waals surface area (Å²) in [5, 5.41) is 8.39. The fourth-order valence-corrected chi connectivity index (χ4v) is 9.15. The third-order valence-corrected chi connectivity index (χ3v) is 12.2. The van der Waals surface area contributed by atoms with Gasteiger partial charge < -0.3 is 0 Å². The van der Waals surface area contributed by atoms with Crippen molar-refractivity contribution in [2.45, 2.75) is 67.2 Å². The smallest absolute Gasteiger partial charge is 0.0920 e. The molecule has 0 fully saturated rings. The van der Waals surface area contributed by atoms with E-state index in [0.29, 0.717) is 0 Å². The molecular weight excluding hydrogens is 815 g/mol. The zero-order valence-electron chi connectivity index (χ0n) is 33.4. The van der Waals surface area contributed by atoms with Crippen molar-refractivity contribution in [3.8, 4) is 33.4 Å². The van der Waals surface area contributed by atoms with E-state index in [9.17, 15) is 0 Å². The quantitative estimate of drug-likeness (QED) is 0.115. The van der Waals surface area contributed by atoms with Crippen LogP contribution in [0.3, 0.4) is 0 Å². The fraction of sp³-hybridized carbons (Fsp3) is 0.192. The van der Waals surface area contributed by atoms with Gasteiger partial charge in [-0.1, -0.05) is 133 Å². The largest absolute Gasteiger partial charge is 0.184 e. The predicted molar refractivity (Wildman–Crippen MR) is 244 cm³/mol. The normalized spacial score (nSPS) is 11.1. The van der Waals surface area contributed by atoms with Gasteiger partial charge in [0.2, 0.25) is 0 Å². The Morgan fingerprint density at radius 2 is 0.982 bits per heavy atom. The molecule has 0 aliphatic carbocycles. The summed E-state index contributed by atoms with van der Waals surface area (Å²) in [5.41, 5.74) is 16.9. The molecule has 56 heavy (non-hydrogen) atoms. The molecule has 0 aromatic heterocycles. The number of aryl methyl sites for hydroxylation is 6. The minimum absolute atomic E-state index is 0.795. The maximum Gasteiger partial charge on any atom is 0.0920 e. The number of halogens is 2. The van der Waals surface area contributed by atoms with Crippen molar-refractivity contribution in [3.05, 3.63) is 179 Å². The fourth-order valence-electron chi connectivity index (χ4n) is 7.84. The van der Waals surface area contributed by atoms with Gasteiger partial charge in [-0.05, 0) is 61.8 Å². The van der Waals surface area contributed by atoms with Crippen LogP contribution in [-0.2, 0) is 46.5 Å². The van der Waals surface area contributed by atoms with Gasteiger partial charge in [0.05, 0.1) is 9.52 Å². The SMILES string of the molecule is CCc1cc2c(-c3ccccc3C)c(CC)ccc2[cH-]1.CCc1cc2c(-c3ccccc3C)c(CC)ccc2[cH-]1.[Cl][Zr][Cl].[c-]1cccc2c1[Si]c1ccccc1-2. The van der Waals surface area contributed by atoms with Gasteiger partial charge >= 0.3 is 37.9 Å². The molecule has 2 radical (unpaired) electrons. The Kier molecular flexibility index (Phi) is 15.0. The molecule has 0 nitrogen and oxygen atoms in total. The van der Waals surface area contributed by atoms with E-state index in [2.05, 4.69) is 181 Å². The molecular formula is C52H49Cl2SiZr-3. The molecule has 0 unspecified atom stereocenters. The van der Waals surface area contributed by atoms with Crippen LogP contribution in [0.4, 0.5) is 0 Å². The first-order valence-electron chi connectivity index (χ1n) is 19.7. The van der Waals surface area contributed by atoms with Gasteiger partial charge in [0, 0.05) is 0 Å². The van der Waals surface area contributed by atoms with Gasteiger partial charge in [-0.25, -0.2) is 0 Å². The third-order valence-electron chi connectivity index (χ3n) is 10.8. The molecule has 0 bridgehead atoms. The summed E-state index contributed by atoms with van der Waals surface area (Å²) < 4.78 is 0. The second-order valence-corrected chi connectivity index (χ2v) is 19.2. The van der Waals surface area contributed by atoms with Crippen molar-refractivity contribution in [1.29, 1.82) is 0 Å². The molecule has 282 valence electrons. The Bertz CT molecular complexity index is 2360. The maximum absolute atomic E-state index is 4.93. The zero-order valence-corrected chi connectivity index (χ0v) is 38.3. The monoisotopic (exact) mass is 861 g/mol. The molecule has 0 saturated carbocycles. The van der Waals surface area contributed by atoms with Crippen molar-refractivity contribution < 1.29 is 20.8 Å². The predicted octanol–water partition coefficient (Wildman–Crippen LogP) is 13.8. The van der Waals surface area contributed by atoms with E-state index in [4.69, 9.17) is 17.0 Å². The average molecular weight is 864 g/mol. The number of rotatable bonds is 6. The van der Waals surface area contributed by atoms with E-state index in [0.717, 1.165) is 35.2 Å². The molecule has 0 atom stereocenters. The molecule has 0 amide bonds. The molecule has 1 heterocycles. The van der Waals surface area contributed by atoms with E-state index < -0.39 is 20.8 Å². The molecule has 8 aromatic carbocycles. The Morgan fingerprint density at radius 1 is 0.536 bits per heavy atom. The van der Waals surface area contributed by atoms with Gasteiger partial charge in [-0.2, -0.15) is 41.6 Å². The Morgan fingerprint density at radius 3 is 1.45 bits per heavy atom. The molecule has 1 aliphatic heterocycles. The molecule has 0 saturated heterocycles. The summed E-state index contributed by atoms with van der Waals surface area (Å²) in [5.74, 6) is 0. The number of fused-ring (bicyclic) bond motifs is 5. The van der Waals surface area contributed by atoms with E-state index >= 15 is 0 Å². The second-order valence-electron chi connectivity index (χ2n) is 14.2. The van der Waals surface area contributed by atoms with Crippen LogP contribution in [0.5, 0.6) is 0 Å². The molecule has 0 spiro atoms. The standard InChI is InChI=1S/2C20H21.C12H7Si.2ClH.Zr/c2*1-4-15-12-17-11-10-16(5-2)20(19(17)13-15)18-9-7-6-8-14(18)3;1-3-7-11-9(5-1)10-6-2-4-8-12(10)13-11;;;/h2*6-13H,4-5H2,1-3H3;1-7H;2*1H;/q3*-1;;;+2/p-2. The first-order chi connectivity index (χ1) is 27.3. The Hall–Kier alpha value is -3.78. The van der Waals surface area contributed by atoms with Crippen LogP contribution < -0.4 is 10.4 Å². The first-order valence-corrected chi connectivity index (χ1v) is 27.1. The molecule has 9 rings (SSSR count). The molecule has 4 heteroatoms. The molecule has 8 aromatic rings. The number of hydrogen-bond acceptors (Lipinski definition) is 0. The second kappa shape index (κ2) is 20.1. The van der Waals surface area contributed by atoms with Crippen molar-refractivity contribution in [1.82, 2.24) is 0 Å². The van der Waals surface area contributed by atoms with E-state index in [1.165, 1.54) is 98.7 Å². The summed E-state index contributed by atoms with van der Waals surface area (Å²) >= 11 is -0.826. The Labute approximate surface area is 356 Å². The van der Waals surface area contributed by atoms with Gasteiger partial charge in [0.25, 0.3) is 0 Å². The van der Waals surface area contributed by atoms with Crippen molar-refractivity contribution in [2.24, 2.45) is 0 Å². The van der Waals surface area contributed by atoms with Gasteiger partial charge in [-0.15, -0.1) is 74.6 Å². The van der Waals surface area contributed by atoms with Gasteiger partial charge in [0.1, 0.15) is 0 Å². The average Bonchev–Trinajstić information content (AvgIpc) is 3.96. The van der Waals surface area contributed by atoms with E-state index in [-0.39, 0.29) is 0 Å². The zero-order chi connectivity index (χ0) is 39.6. The van der Waals surface area contributed by atoms with Crippen LogP contribution >= 0.6 is 17.0 Å². The topological polar surface area (TPSA) is 0 Å². The summed E-state index contributed by atoms with van der Waals surface area (Å²) in [4.78, 5) is 0. The molecule has 1 aliphatic rings.